The lowest BCUT2D eigenvalue weighted by Gasteiger charge is -2.19. The second-order valence-electron chi connectivity index (χ2n) is 5.18. The molecule has 2 N–H and O–H groups in total. The first-order valence-electron chi connectivity index (χ1n) is 6.69. The van der Waals surface area contributed by atoms with Gasteiger partial charge in [-0.3, -0.25) is 0 Å². The Hall–Kier alpha value is -1.87. The molecule has 0 aliphatic heterocycles. The number of hydrogen-bond donors (Lipinski definition) is 1. The molecule has 0 aromatic heterocycles. The van der Waals surface area contributed by atoms with E-state index in [1.54, 1.807) is 12.1 Å². The van der Waals surface area contributed by atoms with E-state index in [0.717, 1.165) is 5.56 Å². The molecule has 1 unspecified atom stereocenters. The molecular formula is C17H20FNO. The molecule has 2 nitrogen and oxygen atoms in total. The van der Waals surface area contributed by atoms with Crippen LogP contribution in [0.4, 0.5) is 4.39 Å². The van der Waals surface area contributed by atoms with Gasteiger partial charge >= 0.3 is 0 Å². The van der Waals surface area contributed by atoms with Gasteiger partial charge < -0.3 is 10.5 Å². The molecule has 3 heteroatoms. The van der Waals surface area contributed by atoms with Crippen molar-refractivity contribution in [1.82, 2.24) is 0 Å². The number of hydrogen-bond acceptors (Lipinski definition) is 2. The van der Waals surface area contributed by atoms with Gasteiger partial charge in [0.15, 0.2) is 0 Å². The van der Waals surface area contributed by atoms with Gasteiger partial charge in [-0.05, 0) is 61.7 Å². The highest BCUT2D eigenvalue weighted by Gasteiger charge is 2.13. The minimum absolute atomic E-state index is 0.194. The van der Waals surface area contributed by atoms with Crippen molar-refractivity contribution in [2.24, 2.45) is 5.73 Å². The molecule has 0 bridgehead atoms. The van der Waals surface area contributed by atoms with Gasteiger partial charge in [0, 0.05) is 0 Å². The van der Waals surface area contributed by atoms with E-state index in [-0.39, 0.29) is 11.9 Å². The lowest BCUT2D eigenvalue weighted by atomic mass is 9.95. The molecule has 0 saturated heterocycles. The minimum atomic E-state index is -0.271. The second-order valence-corrected chi connectivity index (χ2v) is 5.18. The molecular weight excluding hydrogens is 253 g/mol. The van der Waals surface area contributed by atoms with Crippen molar-refractivity contribution in [1.29, 1.82) is 0 Å². The predicted octanol–water partition coefficient (Wildman–Crippen LogP) is 3.83. The van der Waals surface area contributed by atoms with Gasteiger partial charge in [-0.15, -0.1) is 0 Å². The molecule has 0 saturated carbocycles. The Morgan fingerprint density at radius 1 is 1.05 bits per heavy atom. The molecule has 2 rings (SSSR count). The van der Waals surface area contributed by atoms with Crippen LogP contribution in [0.2, 0.25) is 0 Å². The third-order valence-corrected chi connectivity index (χ3v) is 3.35. The van der Waals surface area contributed by atoms with E-state index in [4.69, 9.17) is 10.5 Å². The van der Waals surface area contributed by atoms with E-state index in [1.165, 1.54) is 28.8 Å². The fourth-order valence-electron chi connectivity index (χ4n) is 2.58. The zero-order valence-electron chi connectivity index (χ0n) is 12.1. The van der Waals surface area contributed by atoms with Crippen molar-refractivity contribution in [2.45, 2.75) is 26.8 Å². The first kappa shape index (κ1) is 14.5. The van der Waals surface area contributed by atoms with Crippen LogP contribution in [0.15, 0.2) is 36.4 Å². The number of rotatable bonds is 4. The fourth-order valence-corrected chi connectivity index (χ4v) is 2.58. The van der Waals surface area contributed by atoms with Crippen LogP contribution in [0.25, 0.3) is 0 Å². The molecule has 0 radical (unpaired) electrons. The molecule has 0 heterocycles. The number of aryl methyl sites for hydroxylation is 3. The van der Waals surface area contributed by atoms with E-state index >= 15 is 0 Å². The fraction of sp³-hybridized carbons (Fsp3) is 0.294. The lowest BCUT2D eigenvalue weighted by molar-refractivity contribution is 0.289. The number of halogens is 1. The van der Waals surface area contributed by atoms with E-state index in [9.17, 15) is 4.39 Å². The summed E-state index contributed by atoms with van der Waals surface area (Å²) in [4.78, 5) is 0. The Balaban J connectivity index is 2.09. The third-order valence-electron chi connectivity index (χ3n) is 3.35. The van der Waals surface area contributed by atoms with Gasteiger partial charge in [0.2, 0.25) is 0 Å². The maximum atomic E-state index is 12.8. The third kappa shape index (κ3) is 3.36. The summed E-state index contributed by atoms with van der Waals surface area (Å²) >= 11 is 0. The van der Waals surface area contributed by atoms with Gasteiger partial charge in [0.25, 0.3) is 0 Å². The van der Waals surface area contributed by atoms with Crippen LogP contribution in [0.3, 0.4) is 0 Å². The van der Waals surface area contributed by atoms with E-state index in [0.29, 0.717) is 12.4 Å². The van der Waals surface area contributed by atoms with Crippen LogP contribution >= 0.6 is 0 Å². The largest absolute Gasteiger partial charge is 0.492 e. The summed E-state index contributed by atoms with van der Waals surface area (Å²) in [6.07, 6.45) is 0. The van der Waals surface area contributed by atoms with Crippen LogP contribution in [-0.4, -0.2) is 6.61 Å². The highest BCUT2D eigenvalue weighted by Crippen LogP contribution is 2.23. The van der Waals surface area contributed by atoms with Crippen molar-refractivity contribution in [3.63, 3.8) is 0 Å². The van der Waals surface area contributed by atoms with E-state index < -0.39 is 0 Å². The summed E-state index contributed by atoms with van der Waals surface area (Å²) in [6.45, 7) is 6.57. The summed E-state index contributed by atoms with van der Waals surface area (Å²) in [5.41, 5.74) is 10.9. The van der Waals surface area contributed by atoms with E-state index in [1.807, 2.05) is 0 Å². The standard InChI is InChI=1S/C17H20FNO/c1-11-8-12(2)17(13(3)9-11)16(19)10-20-15-6-4-14(18)5-7-15/h4-9,16H,10,19H2,1-3H3. The highest BCUT2D eigenvalue weighted by molar-refractivity contribution is 5.39. The molecule has 0 amide bonds. The Morgan fingerprint density at radius 3 is 2.15 bits per heavy atom. The quantitative estimate of drug-likeness (QED) is 0.918. The second kappa shape index (κ2) is 6.06. The summed E-state index contributed by atoms with van der Waals surface area (Å²) in [5, 5.41) is 0. The van der Waals surface area contributed by atoms with Crippen LogP contribution in [0.1, 0.15) is 28.3 Å². The highest BCUT2D eigenvalue weighted by atomic mass is 19.1. The maximum Gasteiger partial charge on any atom is 0.123 e. The van der Waals surface area contributed by atoms with Gasteiger partial charge in [0.1, 0.15) is 18.2 Å². The normalized spacial score (nSPS) is 12.2. The summed E-state index contributed by atoms with van der Waals surface area (Å²) in [7, 11) is 0. The van der Waals surface area contributed by atoms with Gasteiger partial charge in [0.05, 0.1) is 6.04 Å². The first-order valence-corrected chi connectivity index (χ1v) is 6.69. The first-order chi connectivity index (χ1) is 9.47. The number of nitrogens with two attached hydrogens (primary N) is 1. The predicted molar refractivity (Wildman–Crippen MR) is 79.5 cm³/mol. The zero-order valence-corrected chi connectivity index (χ0v) is 12.1. The number of ether oxygens (including phenoxy) is 1. The smallest absolute Gasteiger partial charge is 0.123 e. The lowest BCUT2D eigenvalue weighted by Crippen LogP contribution is -2.21. The van der Waals surface area contributed by atoms with Crippen molar-refractivity contribution >= 4 is 0 Å². The Kier molecular flexibility index (Phi) is 4.40. The van der Waals surface area contributed by atoms with Crippen molar-refractivity contribution in [3.8, 4) is 5.75 Å². The average molecular weight is 273 g/mol. The van der Waals surface area contributed by atoms with Gasteiger partial charge in [-0.25, -0.2) is 4.39 Å². The Morgan fingerprint density at radius 2 is 1.60 bits per heavy atom. The Bertz CT molecular complexity index is 569. The average Bonchev–Trinajstić information content (AvgIpc) is 2.37. The zero-order chi connectivity index (χ0) is 14.7. The minimum Gasteiger partial charge on any atom is -0.492 e. The molecule has 2 aromatic rings. The molecule has 2 aromatic carbocycles. The maximum absolute atomic E-state index is 12.8. The van der Waals surface area contributed by atoms with Crippen LogP contribution in [0, 0.1) is 26.6 Å². The number of benzene rings is 2. The van der Waals surface area contributed by atoms with Crippen LogP contribution in [0.5, 0.6) is 5.75 Å². The summed E-state index contributed by atoms with van der Waals surface area (Å²) < 4.78 is 18.4. The van der Waals surface area contributed by atoms with Gasteiger partial charge in [-0.1, -0.05) is 17.7 Å². The summed E-state index contributed by atoms with van der Waals surface area (Å²) in [6, 6.07) is 10.0. The van der Waals surface area contributed by atoms with Crippen molar-refractivity contribution in [2.75, 3.05) is 6.61 Å². The van der Waals surface area contributed by atoms with Crippen molar-refractivity contribution in [3.05, 3.63) is 64.5 Å². The monoisotopic (exact) mass is 273 g/mol. The molecule has 0 aliphatic rings. The SMILES string of the molecule is Cc1cc(C)c(C(N)COc2ccc(F)cc2)c(C)c1. The van der Waals surface area contributed by atoms with Crippen LogP contribution in [-0.2, 0) is 0 Å². The molecule has 0 aliphatic carbocycles. The topological polar surface area (TPSA) is 35.2 Å². The molecule has 106 valence electrons. The van der Waals surface area contributed by atoms with Gasteiger partial charge in [-0.2, -0.15) is 0 Å². The molecule has 1 atom stereocenters. The van der Waals surface area contributed by atoms with Crippen molar-refractivity contribution < 1.29 is 9.13 Å². The Labute approximate surface area is 119 Å². The summed E-state index contributed by atoms with van der Waals surface area (Å²) in [5.74, 6) is 0.358. The molecule has 0 fully saturated rings. The van der Waals surface area contributed by atoms with Crippen LogP contribution < -0.4 is 10.5 Å². The van der Waals surface area contributed by atoms with E-state index in [2.05, 4.69) is 32.9 Å². The molecule has 0 spiro atoms. The molecule has 20 heavy (non-hydrogen) atoms.